The molecule has 0 bridgehead atoms. The van der Waals surface area contributed by atoms with Crippen molar-refractivity contribution >= 4 is 17.9 Å². The van der Waals surface area contributed by atoms with Crippen LogP contribution in [-0.2, 0) is 23.9 Å². The quantitative estimate of drug-likeness (QED) is 0.177. The Morgan fingerprint density at radius 1 is 0.879 bits per heavy atom. The number of ether oxygens (including phenoxy) is 4. The highest BCUT2D eigenvalue weighted by molar-refractivity contribution is 5.81. The summed E-state index contributed by atoms with van der Waals surface area (Å²) in [6.07, 6.45) is 7.29. The maximum atomic E-state index is 12.5. The maximum Gasteiger partial charge on any atom is 0.330 e. The van der Waals surface area contributed by atoms with E-state index in [4.69, 9.17) is 18.9 Å². The lowest BCUT2D eigenvalue weighted by Gasteiger charge is -2.26. The minimum Gasteiger partial charge on any atom is -0.494 e. The van der Waals surface area contributed by atoms with Gasteiger partial charge in [0.1, 0.15) is 11.5 Å². The smallest absolute Gasteiger partial charge is 0.330 e. The van der Waals surface area contributed by atoms with Crippen LogP contribution in [0.3, 0.4) is 0 Å². The van der Waals surface area contributed by atoms with Crippen LogP contribution in [-0.4, -0.2) is 37.2 Å². The molecule has 1 aliphatic carbocycles. The fraction of sp³-hybridized carbons (Fsp3) is 0.577. The summed E-state index contributed by atoms with van der Waals surface area (Å²) >= 11 is 0. The van der Waals surface area contributed by atoms with E-state index >= 15 is 0 Å². The molecule has 7 nitrogen and oxygen atoms in total. The molecule has 0 heterocycles. The average molecular weight is 461 g/mol. The van der Waals surface area contributed by atoms with E-state index in [1.807, 2.05) is 13.8 Å². The number of esters is 3. The van der Waals surface area contributed by atoms with Gasteiger partial charge in [-0.1, -0.05) is 6.58 Å². The topological polar surface area (TPSA) is 88.1 Å². The number of benzene rings is 1. The number of rotatable bonds is 13. The van der Waals surface area contributed by atoms with Crippen LogP contribution in [0.15, 0.2) is 36.9 Å². The van der Waals surface area contributed by atoms with Crippen LogP contribution in [0.2, 0.25) is 0 Å². The molecular formula is C26H36O7. The van der Waals surface area contributed by atoms with E-state index in [-0.39, 0.29) is 35.8 Å². The van der Waals surface area contributed by atoms with Crippen molar-refractivity contribution in [1.29, 1.82) is 0 Å². The fourth-order valence-corrected chi connectivity index (χ4v) is 3.68. The number of carbonyl (C=O) groups excluding carboxylic acids is 3. The number of hydrogen-bond acceptors (Lipinski definition) is 7. The molecule has 0 spiro atoms. The Hall–Kier alpha value is -2.83. The van der Waals surface area contributed by atoms with Gasteiger partial charge in [0.2, 0.25) is 0 Å². The monoisotopic (exact) mass is 460 g/mol. The van der Waals surface area contributed by atoms with E-state index in [0.717, 1.165) is 31.4 Å². The van der Waals surface area contributed by atoms with Crippen molar-refractivity contribution in [3.63, 3.8) is 0 Å². The SMILES string of the molecule is C=CC(=O)OCCCCCCOc1ccc(OC(=O)C2CCC(C(=O)OC(C)C)CC2)cc1. The summed E-state index contributed by atoms with van der Waals surface area (Å²) in [6, 6.07) is 7.03. The van der Waals surface area contributed by atoms with Crippen molar-refractivity contribution in [3.8, 4) is 11.5 Å². The first-order chi connectivity index (χ1) is 15.9. The second-order valence-electron chi connectivity index (χ2n) is 8.56. The molecule has 0 radical (unpaired) electrons. The van der Waals surface area contributed by atoms with Crippen molar-refractivity contribution in [2.75, 3.05) is 13.2 Å². The molecule has 0 amide bonds. The van der Waals surface area contributed by atoms with Gasteiger partial charge in [0.15, 0.2) is 0 Å². The molecular weight excluding hydrogens is 424 g/mol. The first-order valence-electron chi connectivity index (χ1n) is 11.8. The van der Waals surface area contributed by atoms with E-state index < -0.39 is 0 Å². The summed E-state index contributed by atoms with van der Waals surface area (Å²) in [5.41, 5.74) is 0. The van der Waals surface area contributed by atoms with Crippen molar-refractivity contribution in [2.45, 2.75) is 71.3 Å². The molecule has 1 fully saturated rings. The van der Waals surface area contributed by atoms with Gasteiger partial charge in [0.05, 0.1) is 31.2 Å². The zero-order valence-corrected chi connectivity index (χ0v) is 19.8. The summed E-state index contributed by atoms with van der Waals surface area (Å²) in [5.74, 6) is 0.0942. The number of carbonyl (C=O) groups is 3. The Morgan fingerprint density at radius 3 is 2.00 bits per heavy atom. The van der Waals surface area contributed by atoms with Crippen molar-refractivity contribution in [2.24, 2.45) is 11.8 Å². The van der Waals surface area contributed by atoms with E-state index in [2.05, 4.69) is 6.58 Å². The van der Waals surface area contributed by atoms with Crippen LogP contribution in [0.25, 0.3) is 0 Å². The first kappa shape index (κ1) is 26.4. The van der Waals surface area contributed by atoms with E-state index in [9.17, 15) is 14.4 Å². The van der Waals surface area contributed by atoms with Crippen molar-refractivity contribution in [3.05, 3.63) is 36.9 Å². The molecule has 0 atom stereocenters. The Labute approximate surface area is 196 Å². The van der Waals surface area contributed by atoms with E-state index in [0.29, 0.717) is 44.6 Å². The third kappa shape index (κ3) is 10.1. The van der Waals surface area contributed by atoms with Crippen molar-refractivity contribution < 1.29 is 33.3 Å². The van der Waals surface area contributed by atoms with Gasteiger partial charge in [0, 0.05) is 6.08 Å². The summed E-state index contributed by atoms with van der Waals surface area (Å²) < 4.78 is 21.4. The Bertz CT molecular complexity index is 761. The second-order valence-corrected chi connectivity index (χ2v) is 8.56. The Balaban J connectivity index is 1.61. The molecule has 7 heteroatoms. The lowest BCUT2D eigenvalue weighted by molar-refractivity contribution is -0.155. The van der Waals surface area contributed by atoms with Crippen LogP contribution in [0.4, 0.5) is 0 Å². The molecule has 0 N–H and O–H groups in total. The summed E-state index contributed by atoms with van der Waals surface area (Å²) in [6.45, 7) is 8.04. The molecule has 33 heavy (non-hydrogen) atoms. The lowest BCUT2D eigenvalue weighted by atomic mass is 9.82. The molecule has 2 rings (SSSR count). The molecule has 0 aliphatic heterocycles. The zero-order valence-electron chi connectivity index (χ0n) is 19.8. The Kier molecular flexibility index (Phi) is 11.5. The molecule has 182 valence electrons. The van der Waals surface area contributed by atoms with Gasteiger partial charge in [-0.05, 0) is 89.5 Å². The molecule has 1 aliphatic rings. The highest BCUT2D eigenvalue weighted by Crippen LogP contribution is 2.31. The van der Waals surface area contributed by atoms with Gasteiger partial charge in [-0.3, -0.25) is 9.59 Å². The standard InChI is InChI=1S/C26H36O7/c1-4-24(27)31-18-8-6-5-7-17-30-22-13-15-23(16-14-22)33-26(29)21-11-9-20(10-12-21)25(28)32-19(2)3/h4,13-16,19-21H,1,5-12,17-18H2,2-3H3. The predicted octanol–water partition coefficient (Wildman–Crippen LogP) is 5.02. The third-order valence-corrected chi connectivity index (χ3v) is 5.51. The van der Waals surface area contributed by atoms with Gasteiger partial charge < -0.3 is 18.9 Å². The summed E-state index contributed by atoms with van der Waals surface area (Å²) in [5, 5.41) is 0. The van der Waals surface area contributed by atoms with E-state index in [1.165, 1.54) is 6.08 Å². The summed E-state index contributed by atoms with van der Waals surface area (Å²) in [4.78, 5) is 35.4. The van der Waals surface area contributed by atoms with Gasteiger partial charge >= 0.3 is 17.9 Å². The zero-order chi connectivity index (χ0) is 24.1. The number of unbranched alkanes of at least 4 members (excludes halogenated alkanes) is 3. The predicted molar refractivity (Wildman–Crippen MR) is 124 cm³/mol. The van der Waals surface area contributed by atoms with E-state index in [1.54, 1.807) is 24.3 Å². The van der Waals surface area contributed by atoms with Crippen LogP contribution < -0.4 is 9.47 Å². The Morgan fingerprint density at radius 2 is 1.42 bits per heavy atom. The number of hydrogen-bond donors (Lipinski definition) is 0. The average Bonchev–Trinajstić information content (AvgIpc) is 2.81. The highest BCUT2D eigenvalue weighted by atomic mass is 16.5. The van der Waals surface area contributed by atoms with Gasteiger partial charge in [-0.15, -0.1) is 0 Å². The second kappa shape index (κ2) is 14.3. The largest absolute Gasteiger partial charge is 0.494 e. The van der Waals surface area contributed by atoms with Gasteiger partial charge in [-0.2, -0.15) is 0 Å². The minimum absolute atomic E-state index is 0.118. The molecule has 0 saturated heterocycles. The molecule has 0 unspecified atom stereocenters. The maximum absolute atomic E-state index is 12.5. The summed E-state index contributed by atoms with van der Waals surface area (Å²) in [7, 11) is 0. The van der Waals surface area contributed by atoms with Crippen LogP contribution >= 0.6 is 0 Å². The van der Waals surface area contributed by atoms with Crippen LogP contribution in [0.1, 0.15) is 65.2 Å². The third-order valence-electron chi connectivity index (χ3n) is 5.51. The molecule has 0 aromatic heterocycles. The highest BCUT2D eigenvalue weighted by Gasteiger charge is 2.32. The van der Waals surface area contributed by atoms with Crippen LogP contribution in [0, 0.1) is 11.8 Å². The van der Waals surface area contributed by atoms with Crippen LogP contribution in [0.5, 0.6) is 11.5 Å². The van der Waals surface area contributed by atoms with Crippen molar-refractivity contribution in [1.82, 2.24) is 0 Å². The first-order valence-corrected chi connectivity index (χ1v) is 11.8. The molecule has 1 aromatic carbocycles. The molecule has 1 saturated carbocycles. The van der Waals surface area contributed by atoms with Gasteiger partial charge in [-0.25, -0.2) is 4.79 Å². The lowest BCUT2D eigenvalue weighted by Crippen LogP contribution is -2.30. The van der Waals surface area contributed by atoms with Gasteiger partial charge in [0.25, 0.3) is 0 Å². The normalized spacial score (nSPS) is 17.8. The fourth-order valence-electron chi connectivity index (χ4n) is 3.68. The minimum atomic E-state index is -0.386. The molecule has 1 aromatic rings.